The molecule has 1 heterocycles. The number of anilines is 1. The third-order valence-corrected chi connectivity index (χ3v) is 5.41. The lowest BCUT2D eigenvalue weighted by atomic mass is 10.2. The summed E-state index contributed by atoms with van der Waals surface area (Å²) in [6, 6.07) is 15.3. The molecular formula is C22H24Cl2N4O2. The molecule has 2 N–H and O–H groups in total. The maximum absolute atomic E-state index is 12.0. The normalized spacial score (nSPS) is 14.7. The smallest absolute Gasteiger partial charge is 0.262 e. The van der Waals surface area contributed by atoms with Crippen LogP contribution in [0.25, 0.3) is 6.08 Å². The lowest BCUT2D eigenvalue weighted by molar-refractivity contribution is -0.127. The lowest BCUT2D eigenvalue weighted by Gasteiger charge is -2.36. The first-order valence-electron chi connectivity index (χ1n) is 9.75. The summed E-state index contributed by atoms with van der Waals surface area (Å²) in [4.78, 5) is 28.5. The number of nitrogens with zero attached hydrogens (tertiary/aromatic N) is 2. The molecule has 0 bridgehead atoms. The standard InChI is InChI=1S/C22H24Cl2N4O2/c23-18-8-6-17(20(24)16-18)7-9-21(29)25-26-22(30)10-11-27-12-14-28(15-13-27)19-4-2-1-3-5-19/h1-9,16H,10-15H2,(H,25,29)(H,26,30). The minimum absolute atomic E-state index is 0.230. The van der Waals surface area contributed by atoms with Crippen molar-refractivity contribution in [3.63, 3.8) is 0 Å². The predicted octanol–water partition coefficient (Wildman–Crippen LogP) is 3.37. The molecule has 1 fully saturated rings. The fourth-order valence-electron chi connectivity index (χ4n) is 3.17. The van der Waals surface area contributed by atoms with Gasteiger partial charge in [0.2, 0.25) is 5.91 Å². The molecule has 30 heavy (non-hydrogen) atoms. The summed E-state index contributed by atoms with van der Waals surface area (Å²) in [6.07, 6.45) is 3.18. The first kappa shape index (κ1) is 22.2. The quantitative estimate of drug-likeness (QED) is 0.527. The zero-order valence-corrected chi connectivity index (χ0v) is 18.0. The molecule has 0 radical (unpaired) electrons. The Morgan fingerprint density at radius 1 is 0.967 bits per heavy atom. The number of piperazine rings is 1. The van der Waals surface area contributed by atoms with Gasteiger partial charge in [0, 0.05) is 61.0 Å². The highest BCUT2D eigenvalue weighted by atomic mass is 35.5. The number of amides is 2. The molecule has 0 saturated carbocycles. The van der Waals surface area contributed by atoms with Crippen LogP contribution in [0.3, 0.4) is 0 Å². The van der Waals surface area contributed by atoms with Gasteiger partial charge in [0.25, 0.3) is 5.91 Å². The van der Waals surface area contributed by atoms with E-state index in [1.807, 2.05) is 18.2 Å². The number of hydrazine groups is 1. The molecule has 0 aliphatic carbocycles. The second-order valence-corrected chi connectivity index (χ2v) is 7.79. The number of hydrogen-bond acceptors (Lipinski definition) is 4. The molecule has 0 atom stereocenters. The summed E-state index contributed by atoms with van der Waals surface area (Å²) in [7, 11) is 0. The summed E-state index contributed by atoms with van der Waals surface area (Å²) in [5, 5.41) is 0.971. The van der Waals surface area contributed by atoms with E-state index in [1.54, 1.807) is 24.3 Å². The third kappa shape index (κ3) is 6.76. The molecule has 2 aromatic rings. The molecule has 0 aromatic heterocycles. The predicted molar refractivity (Wildman–Crippen MR) is 121 cm³/mol. The van der Waals surface area contributed by atoms with Crippen molar-refractivity contribution in [3.8, 4) is 0 Å². The highest BCUT2D eigenvalue weighted by molar-refractivity contribution is 6.35. The molecule has 6 nitrogen and oxygen atoms in total. The van der Waals surface area contributed by atoms with Crippen molar-refractivity contribution in [3.05, 3.63) is 70.2 Å². The van der Waals surface area contributed by atoms with Crippen LogP contribution in [0.2, 0.25) is 10.0 Å². The minimum Gasteiger partial charge on any atom is -0.369 e. The first-order chi connectivity index (χ1) is 14.5. The van der Waals surface area contributed by atoms with Crippen LogP contribution in [-0.4, -0.2) is 49.4 Å². The highest BCUT2D eigenvalue weighted by Crippen LogP contribution is 2.21. The molecule has 0 unspecified atom stereocenters. The molecule has 0 spiro atoms. The van der Waals surface area contributed by atoms with E-state index in [1.165, 1.54) is 11.8 Å². The SMILES string of the molecule is O=C(C=Cc1ccc(Cl)cc1Cl)NNC(=O)CCN1CCN(c2ccccc2)CC1. The Bertz CT molecular complexity index is 897. The largest absolute Gasteiger partial charge is 0.369 e. The number of carbonyl (C=O) groups is 2. The van der Waals surface area contributed by atoms with Crippen molar-refractivity contribution in [2.24, 2.45) is 0 Å². The average molecular weight is 447 g/mol. The molecule has 8 heteroatoms. The van der Waals surface area contributed by atoms with Crippen molar-refractivity contribution in [1.29, 1.82) is 0 Å². The summed E-state index contributed by atoms with van der Waals surface area (Å²) < 4.78 is 0. The van der Waals surface area contributed by atoms with Crippen LogP contribution in [0.15, 0.2) is 54.6 Å². The van der Waals surface area contributed by atoms with Gasteiger partial charge in [0.1, 0.15) is 0 Å². The maximum Gasteiger partial charge on any atom is 0.262 e. The zero-order chi connectivity index (χ0) is 21.3. The molecular weight excluding hydrogens is 423 g/mol. The van der Waals surface area contributed by atoms with Crippen LogP contribution in [0, 0.1) is 0 Å². The van der Waals surface area contributed by atoms with E-state index < -0.39 is 5.91 Å². The number of nitrogens with one attached hydrogen (secondary N) is 2. The van der Waals surface area contributed by atoms with Crippen molar-refractivity contribution >= 4 is 46.8 Å². The summed E-state index contributed by atoms with van der Waals surface area (Å²) in [6.45, 7) is 4.32. The van der Waals surface area contributed by atoms with E-state index in [9.17, 15) is 9.59 Å². The van der Waals surface area contributed by atoms with Gasteiger partial charge in [-0.15, -0.1) is 0 Å². The topological polar surface area (TPSA) is 64.7 Å². The third-order valence-electron chi connectivity index (χ3n) is 4.85. The van der Waals surface area contributed by atoms with Crippen LogP contribution in [-0.2, 0) is 9.59 Å². The number of hydrogen-bond donors (Lipinski definition) is 2. The summed E-state index contributed by atoms with van der Waals surface area (Å²) in [5.74, 6) is -0.669. The van der Waals surface area contributed by atoms with Gasteiger partial charge < -0.3 is 4.90 Å². The van der Waals surface area contributed by atoms with E-state index in [2.05, 4.69) is 32.8 Å². The lowest BCUT2D eigenvalue weighted by Crippen LogP contribution is -2.48. The molecule has 1 saturated heterocycles. The van der Waals surface area contributed by atoms with Gasteiger partial charge in [-0.25, -0.2) is 0 Å². The van der Waals surface area contributed by atoms with E-state index in [0.717, 1.165) is 26.2 Å². The van der Waals surface area contributed by atoms with E-state index in [-0.39, 0.29) is 5.91 Å². The Hall–Kier alpha value is -2.54. The van der Waals surface area contributed by atoms with Crippen molar-refractivity contribution in [1.82, 2.24) is 15.8 Å². The Labute approximate surface area is 186 Å². The number of halogens is 2. The van der Waals surface area contributed by atoms with Crippen molar-refractivity contribution in [2.45, 2.75) is 6.42 Å². The van der Waals surface area contributed by atoms with Crippen LogP contribution in [0.1, 0.15) is 12.0 Å². The van der Waals surface area contributed by atoms with E-state index >= 15 is 0 Å². The Morgan fingerprint density at radius 2 is 1.70 bits per heavy atom. The van der Waals surface area contributed by atoms with Gasteiger partial charge >= 0.3 is 0 Å². The van der Waals surface area contributed by atoms with Gasteiger partial charge in [0.15, 0.2) is 0 Å². The number of rotatable bonds is 6. The highest BCUT2D eigenvalue weighted by Gasteiger charge is 2.17. The van der Waals surface area contributed by atoms with Gasteiger partial charge in [-0.2, -0.15) is 0 Å². The number of carbonyl (C=O) groups excluding carboxylic acids is 2. The Kier molecular flexibility index (Phi) is 8.13. The van der Waals surface area contributed by atoms with Gasteiger partial charge in [-0.3, -0.25) is 25.3 Å². The van der Waals surface area contributed by atoms with Crippen molar-refractivity contribution < 1.29 is 9.59 Å². The molecule has 158 valence electrons. The van der Waals surface area contributed by atoms with Crippen molar-refractivity contribution in [2.75, 3.05) is 37.6 Å². The Balaban J connectivity index is 1.34. The molecule has 2 amide bonds. The Morgan fingerprint density at radius 3 is 2.40 bits per heavy atom. The molecule has 3 rings (SSSR count). The van der Waals surface area contributed by atoms with Gasteiger partial charge in [-0.05, 0) is 35.9 Å². The van der Waals surface area contributed by atoms with Crippen LogP contribution >= 0.6 is 23.2 Å². The van der Waals surface area contributed by atoms with Gasteiger partial charge in [0.05, 0.1) is 0 Å². The monoisotopic (exact) mass is 446 g/mol. The molecule has 1 aliphatic heterocycles. The first-order valence-corrected chi connectivity index (χ1v) is 10.5. The van der Waals surface area contributed by atoms with Crippen LogP contribution in [0.5, 0.6) is 0 Å². The van der Waals surface area contributed by atoms with Crippen LogP contribution < -0.4 is 15.8 Å². The molecule has 2 aromatic carbocycles. The second kappa shape index (κ2) is 11.0. The van der Waals surface area contributed by atoms with Crippen LogP contribution in [0.4, 0.5) is 5.69 Å². The fraction of sp³-hybridized carbons (Fsp3) is 0.273. The van der Waals surface area contributed by atoms with E-state index in [0.29, 0.717) is 28.6 Å². The minimum atomic E-state index is -0.439. The fourth-order valence-corrected chi connectivity index (χ4v) is 3.64. The zero-order valence-electron chi connectivity index (χ0n) is 16.5. The number of para-hydroxylation sites is 1. The second-order valence-electron chi connectivity index (χ2n) is 6.95. The average Bonchev–Trinajstić information content (AvgIpc) is 2.76. The summed E-state index contributed by atoms with van der Waals surface area (Å²) in [5.41, 5.74) is 6.71. The van der Waals surface area contributed by atoms with Gasteiger partial charge in [-0.1, -0.05) is 47.5 Å². The molecule has 1 aliphatic rings. The number of benzene rings is 2. The summed E-state index contributed by atoms with van der Waals surface area (Å²) >= 11 is 11.9. The maximum atomic E-state index is 12.0. The van der Waals surface area contributed by atoms with E-state index in [4.69, 9.17) is 23.2 Å².